The summed E-state index contributed by atoms with van der Waals surface area (Å²) >= 11 is 6.80. The average molecular weight is 565 g/mol. The number of carbonyl (C=O) groups excluding carboxylic acids is 2. The Kier molecular flexibility index (Phi) is 22.6. The van der Waals surface area contributed by atoms with Gasteiger partial charge in [-0.2, -0.15) is 0 Å². The van der Waals surface area contributed by atoms with Crippen molar-refractivity contribution in [2.24, 2.45) is 0 Å². The van der Waals surface area contributed by atoms with Gasteiger partial charge in [-0.15, -0.1) is 0 Å². The Morgan fingerprint density at radius 3 is 2.05 bits per heavy atom. The highest BCUT2D eigenvalue weighted by molar-refractivity contribution is 7.97. The molecule has 12 heteroatoms. The topological polar surface area (TPSA) is 94.1 Å². The quantitative estimate of drug-likeness (QED) is 0.142. The number of hydroxylamine groups is 1. The van der Waals surface area contributed by atoms with Gasteiger partial charge in [-0.05, 0) is 61.9 Å². The van der Waals surface area contributed by atoms with Crippen molar-refractivity contribution in [2.45, 2.75) is 39.5 Å². The van der Waals surface area contributed by atoms with Crippen LogP contribution >= 0.6 is 23.5 Å². The second-order valence-electron chi connectivity index (χ2n) is 6.56. The van der Waals surface area contributed by atoms with Crippen LogP contribution < -0.4 is 15.5 Å². The fourth-order valence-corrected chi connectivity index (χ4v) is 3.34. The molecule has 3 N–H and O–H groups in total. The van der Waals surface area contributed by atoms with Gasteiger partial charge in [0, 0.05) is 30.1 Å². The summed E-state index contributed by atoms with van der Waals surface area (Å²) in [5.41, 5.74) is 1.56. The smallest absolute Gasteiger partial charge is 0.258 e. The lowest BCUT2D eigenvalue weighted by atomic mass is 10.3. The van der Waals surface area contributed by atoms with Crippen LogP contribution in [0.25, 0.3) is 0 Å². The predicted molar refractivity (Wildman–Crippen MR) is 146 cm³/mol. The second-order valence-corrected chi connectivity index (χ2v) is 8.17. The fraction of sp³-hybridized carbons (Fsp3) is 0.440. The van der Waals surface area contributed by atoms with Gasteiger partial charge in [0.25, 0.3) is 5.91 Å². The van der Waals surface area contributed by atoms with Crippen LogP contribution in [0.4, 0.5) is 8.78 Å². The van der Waals surface area contributed by atoms with E-state index >= 15 is 0 Å². The summed E-state index contributed by atoms with van der Waals surface area (Å²) in [6.45, 7) is 11.7. The van der Waals surface area contributed by atoms with Gasteiger partial charge < -0.3 is 15.0 Å². The number of benzene rings is 2. The van der Waals surface area contributed by atoms with Crippen molar-refractivity contribution >= 4 is 35.9 Å². The van der Waals surface area contributed by atoms with Crippen LogP contribution in [0.15, 0.2) is 41.3 Å². The SMILES string of the molecule is CC.CC.CCN(C)CCN(CC(=O)NO)Sc1cc(F)c(Oc2ccc(Cl)cc2)c(F)c1.CNC=O. The minimum absolute atomic E-state index is 0.148. The molecule has 0 unspecified atom stereocenters. The maximum absolute atomic E-state index is 14.5. The third kappa shape index (κ3) is 16.1. The third-order valence-corrected chi connectivity index (χ3v) is 5.34. The molecule has 0 aromatic heterocycles. The van der Waals surface area contributed by atoms with Gasteiger partial charge in [0.2, 0.25) is 6.41 Å². The summed E-state index contributed by atoms with van der Waals surface area (Å²) in [5.74, 6) is -2.65. The lowest BCUT2D eigenvalue weighted by Crippen LogP contribution is -2.36. The van der Waals surface area contributed by atoms with E-state index in [2.05, 4.69) is 5.32 Å². The molecule has 0 radical (unpaired) electrons. The molecule has 8 nitrogen and oxygen atoms in total. The number of hydrogen-bond acceptors (Lipinski definition) is 7. The summed E-state index contributed by atoms with van der Waals surface area (Å²) in [5, 5.41) is 11.5. The van der Waals surface area contributed by atoms with Crippen molar-refractivity contribution in [3.63, 3.8) is 0 Å². The highest BCUT2D eigenvalue weighted by atomic mass is 35.5. The zero-order chi connectivity index (χ0) is 28.8. The van der Waals surface area contributed by atoms with E-state index in [4.69, 9.17) is 26.3 Å². The Labute approximate surface area is 228 Å². The summed E-state index contributed by atoms with van der Waals surface area (Å²) in [7, 11) is 3.48. The molecule has 0 spiro atoms. The normalized spacial score (nSPS) is 9.65. The zero-order valence-electron chi connectivity index (χ0n) is 22.5. The first kappa shape index (κ1) is 36.7. The maximum Gasteiger partial charge on any atom is 0.258 e. The first-order valence-electron chi connectivity index (χ1n) is 11.8. The van der Waals surface area contributed by atoms with E-state index in [1.165, 1.54) is 12.1 Å². The molecular weight excluding hydrogens is 526 g/mol. The minimum atomic E-state index is -0.875. The molecule has 2 rings (SSSR count). The highest BCUT2D eigenvalue weighted by Crippen LogP contribution is 2.33. The van der Waals surface area contributed by atoms with Crippen molar-refractivity contribution in [1.29, 1.82) is 0 Å². The molecule has 37 heavy (non-hydrogen) atoms. The summed E-state index contributed by atoms with van der Waals surface area (Å²) < 4.78 is 35.8. The van der Waals surface area contributed by atoms with Crippen molar-refractivity contribution in [1.82, 2.24) is 20.0 Å². The largest absolute Gasteiger partial charge is 0.451 e. The monoisotopic (exact) mass is 564 g/mol. The van der Waals surface area contributed by atoms with E-state index in [1.807, 2.05) is 46.6 Å². The number of amides is 2. The molecule has 2 amide bonds. The van der Waals surface area contributed by atoms with E-state index < -0.39 is 23.3 Å². The Morgan fingerprint density at radius 1 is 1.11 bits per heavy atom. The second kappa shape index (κ2) is 22.7. The molecule has 210 valence electrons. The Hall–Kier alpha value is -2.44. The van der Waals surface area contributed by atoms with E-state index in [1.54, 1.807) is 29.0 Å². The molecule has 0 fully saturated rings. The number of likely N-dealkylation sites (N-methyl/N-ethyl adjacent to an activating group) is 1. The van der Waals surface area contributed by atoms with E-state index in [0.29, 0.717) is 24.5 Å². The van der Waals surface area contributed by atoms with Gasteiger partial charge in [-0.25, -0.2) is 18.6 Å². The van der Waals surface area contributed by atoms with Crippen LogP contribution in [-0.2, 0) is 9.59 Å². The first-order chi connectivity index (χ1) is 17.7. The van der Waals surface area contributed by atoms with Crippen molar-refractivity contribution in [3.8, 4) is 11.5 Å². The number of ether oxygens (including phenoxy) is 1. The molecule has 0 saturated carbocycles. The van der Waals surface area contributed by atoms with Crippen molar-refractivity contribution in [3.05, 3.63) is 53.1 Å². The Bertz CT molecular complexity index is 872. The first-order valence-corrected chi connectivity index (χ1v) is 13.0. The van der Waals surface area contributed by atoms with E-state index in [0.717, 1.165) is 30.6 Å². The van der Waals surface area contributed by atoms with Crippen LogP contribution in [0.3, 0.4) is 0 Å². The van der Waals surface area contributed by atoms with Gasteiger partial charge in [-0.3, -0.25) is 14.8 Å². The molecule has 0 bridgehead atoms. The molecule has 0 aliphatic carbocycles. The third-order valence-electron chi connectivity index (χ3n) is 4.07. The molecule has 0 aliphatic rings. The number of nitrogens with one attached hydrogen (secondary N) is 2. The van der Waals surface area contributed by atoms with Crippen LogP contribution in [0, 0.1) is 11.6 Å². The van der Waals surface area contributed by atoms with Gasteiger partial charge in [0.15, 0.2) is 17.4 Å². The molecule has 0 heterocycles. The fourth-order valence-electron chi connectivity index (χ4n) is 2.25. The van der Waals surface area contributed by atoms with Crippen LogP contribution in [0.5, 0.6) is 11.5 Å². The maximum atomic E-state index is 14.5. The zero-order valence-corrected chi connectivity index (χ0v) is 24.1. The number of halogens is 3. The molecule has 0 aliphatic heterocycles. The van der Waals surface area contributed by atoms with Crippen LogP contribution in [-0.4, -0.2) is 67.0 Å². The van der Waals surface area contributed by atoms with Gasteiger partial charge in [0.1, 0.15) is 5.75 Å². The van der Waals surface area contributed by atoms with Gasteiger partial charge >= 0.3 is 0 Å². The van der Waals surface area contributed by atoms with Crippen LogP contribution in [0.1, 0.15) is 34.6 Å². The molecule has 2 aromatic carbocycles. The molecule has 2 aromatic rings. The molecule has 0 atom stereocenters. The Balaban J connectivity index is 0. The number of nitrogens with zero attached hydrogens (tertiary/aromatic N) is 2. The Morgan fingerprint density at radius 2 is 1.62 bits per heavy atom. The summed E-state index contributed by atoms with van der Waals surface area (Å²) in [6, 6.07) is 8.37. The van der Waals surface area contributed by atoms with E-state index in [-0.39, 0.29) is 17.2 Å². The number of hydrogen-bond donors (Lipinski definition) is 3. The minimum Gasteiger partial charge on any atom is -0.451 e. The average Bonchev–Trinajstić information content (AvgIpc) is 2.92. The van der Waals surface area contributed by atoms with Crippen molar-refractivity contribution in [2.75, 3.05) is 40.3 Å². The summed E-state index contributed by atoms with van der Waals surface area (Å²) in [6.07, 6.45) is 0.625. The molecular formula is C25H39ClF2N4O4S. The summed E-state index contributed by atoms with van der Waals surface area (Å²) in [4.78, 5) is 22.9. The van der Waals surface area contributed by atoms with Gasteiger partial charge in [-0.1, -0.05) is 46.2 Å². The van der Waals surface area contributed by atoms with Crippen molar-refractivity contribution < 1.29 is 28.3 Å². The number of rotatable bonds is 11. The molecule has 0 saturated heterocycles. The highest BCUT2D eigenvalue weighted by Gasteiger charge is 2.18. The lowest BCUT2D eigenvalue weighted by molar-refractivity contribution is -0.129. The van der Waals surface area contributed by atoms with Crippen LogP contribution in [0.2, 0.25) is 5.02 Å². The number of carbonyl (C=O) groups is 2. The lowest BCUT2D eigenvalue weighted by Gasteiger charge is -2.23. The van der Waals surface area contributed by atoms with E-state index in [9.17, 15) is 13.6 Å². The predicted octanol–water partition coefficient (Wildman–Crippen LogP) is 5.59. The standard InChI is InChI=1S/C19H22ClF2N3O3S.C2H5NO.2C2H6/c1-3-24(2)8-9-25(12-18(26)23-27)29-15-10-16(21)19(17(22)11-15)28-14-6-4-13(20)5-7-14;1-3-2-4;2*1-2/h4-7,10-11,27H,3,8-9,12H2,1-2H3,(H,23,26);2H,1H3,(H,3,4);2*1-2H3. The van der Waals surface area contributed by atoms with Gasteiger partial charge in [0.05, 0.1) is 6.54 Å².